The number of para-hydroxylation sites is 1. The lowest BCUT2D eigenvalue weighted by atomic mass is 10.2. The fourth-order valence-electron chi connectivity index (χ4n) is 2.29. The van der Waals surface area contributed by atoms with Crippen molar-refractivity contribution in [1.29, 1.82) is 0 Å². The zero-order valence-electron chi connectivity index (χ0n) is 12.2. The SMILES string of the molecule is Cc1ccc([C@@H](O)CNC(=O)Cn2ncc3ccccc32)o1. The number of hydrogen-bond donors (Lipinski definition) is 2. The van der Waals surface area contributed by atoms with E-state index in [1.165, 1.54) is 0 Å². The highest BCUT2D eigenvalue weighted by Gasteiger charge is 2.13. The van der Waals surface area contributed by atoms with E-state index in [9.17, 15) is 9.90 Å². The van der Waals surface area contributed by atoms with Gasteiger partial charge in [-0.15, -0.1) is 0 Å². The molecule has 0 spiro atoms. The molecule has 1 atom stereocenters. The van der Waals surface area contributed by atoms with Gasteiger partial charge in [0.1, 0.15) is 24.2 Å². The minimum atomic E-state index is -0.855. The molecular formula is C16H17N3O3. The molecule has 0 unspecified atom stereocenters. The van der Waals surface area contributed by atoms with Crippen LogP contribution in [0, 0.1) is 6.92 Å². The molecule has 3 rings (SSSR count). The van der Waals surface area contributed by atoms with Crippen LogP contribution in [-0.2, 0) is 11.3 Å². The van der Waals surface area contributed by atoms with Gasteiger partial charge in [-0.3, -0.25) is 9.48 Å². The number of amides is 1. The molecule has 2 aromatic heterocycles. The normalized spacial score (nSPS) is 12.5. The summed E-state index contributed by atoms with van der Waals surface area (Å²) in [5.74, 6) is 0.960. The second kappa shape index (κ2) is 6.03. The topological polar surface area (TPSA) is 80.3 Å². The van der Waals surface area contributed by atoms with Crippen molar-refractivity contribution in [2.75, 3.05) is 6.54 Å². The summed E-state index contributed by atoms with van der Waals surface area (Å²) in [5, 5.41) is 17.8. The summed E-state index contributed by atoms with van der Waals surface area (Å²) in [5.41, 5.74) is 0.903. The first-order valence-electron chi connectivity index (χ1n) is 7.05. The van der Waals surface area contributed by atoms with E-state index in [4.69, 9.17) is 4.42 Å². The van der Waals surface area contributed by atoms with Crippen molar-refractivity contribution in [2.24, 2.45) is 0 Å². The van der Waals surface area contributed by atoms with E-state index in [0.29, 0.717) is 5.76 Å². The van der Waals surface area contributed by atoms with Crippen molar-refractivity contribution >= 4 is 16.8 Å². The van der Waals surface area contributed by atoms with Crippen LogP contribution < -0.4 is 5.32 Å². The summed E-state index contributed by atoms with van der Waals surface area (Å²) < 4.78 is 6.96. The standard InChI is InChI=1S/C16H17N3O3/c1-11-6-7-15(22-11)14(20)9-17-16(21)10-19-13-5-3-2-4-12(13)8-18-19/h2-8,14,20H,9-10H2,1H3,(H,17,21)/t14-/m0/s1. The highest BCUT2D eigenvalue weighted by Crippen LogP contribution is 2.15. The Morgan fingerprint density at radius 1 is 1.36 bits per heavy atom. The summed E-state index contributed by atoms with van der Waals surface area (Å²) in [6.45, 7) is 2.01. The van der Waals surface area contributed by atoms with Crippen LogP contribution in [0.25, 0.3) is 10.9 Å². The Bertz CT molecular complexity index is 791. The molecule has 0 bridgehead atoms. The third kappa shape index (κ3) is 3.01. The average molecular weight is 299 g/mol. The number of fused-ring (bicyclic) bond motifs is 1. The Morgan fingerprint density at radius 2 is 2.18 bits per heavy atom. The van der Waals surface area contributed by atoms with Gasteiger partial charge in [0, 0.05) is 5.39 Å². The second-order valence-electron chi connectivity index (χ2n) is 5.13. The number of nitrogens with zero attached hydrogens (tertiary/aromatic N) is 2. The van der Waals surface area contributed by atoms with Gasteiger partial charge in [0.05, 0.1) is 18.3 Å². The van der Waals surface area contributed by atoms with Gasteiger partial charge in [-0.1, -0.05) is 18.2 Å². The van der Waals surface area contributed by atoms with E-state index in [2.05, 4.69) is 10.4 Å². The van der Waals surface area contributed by atoms with Crippen molar-refractivity contribution in [3.8, 4) is 0 Å². The Balaban J connectivity index is 1.58. The van der Waals surface area contributed by atoms with Crippen LogP contribution in [-0.4, -0.2) is 27.3 Å². The van der Waals surface area contributed by atoms with Crippen molar-refractivity contribution < 1.29 is 14.3 Å². The number of hydrogen-bond acceptors (Lipinski definition) is 4. The lowest BCUT2D eigenvalue weighted by Gasteiger charge is -2.10. The van der Waals surface area contributed by atoms with Crippen LogP contribution in [0.5, 0.6) is 0 Å². The van der Waals surface area contributed by atoms with Crippen molar-refractivity contribution in [1.82, 2.24) is 15.1 Å². The number of furan rings is 1. The molecule has 1 aromatic carbocycles. The third-order valence-corrected chi connectivity index (χ3v) is 3.43. The van der Waals surface area contributed by atoms with Gasteiger partial charge in [0.15, 0.2) is 0 Å². The molecule has 2 heterocycles. The Kier molecular flexibility index (Phi) is 3.93. The maximum atomic E-state index is 12.0. The number of nitrogens with one attached hydrogen (secondary N) is 1. The summed E-state index contributed by atoms with van der Waals surface area (Å²) in [4.78, 5) is 12.0. The van der Waals surface area contributed by atoms with Gasteiger partial charge in [0.25, 0.3) is 0 Å². The van der Waals surface area contributed by atoms with E-state index in [0.717, 1.165) is 16.7 Å². The van der Waals surface area contributed by atoms with Crippen LogP contribution in [0.15, 0.2) is 47.0 Å². The number of carbonyl (C=O) groups excluding carboxylic acids is 1. The van der Waals surface area contributed by atoms with E-state index < -0.39 is 6.10 Å². The number of benzene rings is 1. The summed E-state index contributed by atoms with van der Waals surface area (Å²) in [6.07, 6.45) is 0.871. The fraction of sp³-hybridized carbons (Fsp3) is 0.250. The molecular weight excluding hydrogens is 282 g/mol. The minimum Gasteiger partial charge on any atom is -0.464 e. The molecule has 0 saturated heterocycles. The largest absolute Gasteiger partial charge is 0.464 e. The Morgan fingerprint density at radius 3 is 2.95 bits per heavy atom. The summed E-state index contributed by atoms with van der Waals surface area (Å²) in [7, 11) is 0. The smallest absolute Gasteiger partial charge is 0.241 e. The van der Waals surface area contributed by atoms with E-state index >= 15 is 0 Å². The Hall–Kier alpha value is -2.60. The summed E-state index contributed by atoms with van der Waals surface area (Å²) >= 11 is 0. The van der Waals surface area contributed by atoms with E-state index in [1.54, 1.807) is 29.9 Å². The molecule has 0 fully saturated rings. The number of aromatic nitrogens is 2. The molecule has 0 aliphatic heterocycles. The maximum Gasteiger partial charge on any atom is 0.241 e. The molecule has 0 aliphatic carbocycles. The quantitative estimate of drug-likeness (QED) is 0.752. The third-order valence-electron chi connectivity index (χ3n) is 3.43. The van der Waals surface area contributed by atoms with Crippen LogP contribution in [0.3, 0.4) is 0 Å². The number of carbonyl (C=O) groups is 1. The van der Waals surface area contributed by atoms with Crippen molar-refractivity contribution in [2.45, 2.75) is 19.6 Å². The number of rotatable bonds is 5. The molecule has 6 nitrogen and oxygen atoms in total. The molecule has 0 saturated carbocycles. The van der Waals surface area contributed by atoms with Gasteiger partial charge < -0.3 is 14.8 Å². The molecule has 3 aromatic rings. The number of aliphatic hydroxyl groups excluding tert-OH is 1. The monoisotopic (exact) mass is 299 g/mol. The van der Waals surface area contributed by atoms with Gasteiger partial charge in [-0.2, -0.15) is 5.10 Å². The first-order chi connectivity index (χ1) is 10.6. The van der Waals surface area contributed by atoms with Crippen LogP contribution in [0.2, 0.25) is 0 Å². The molecule has 0 aliphatic rings. The average Bonchev–Trinajstić information content (AvgIpc) is 3.12. The molecule has 114 valence electrons. The van der Waals surface area contributed by atoms with Gasteiger partial charge in [-0.05, 0) is 25.1 Å². The maximum absolute atomic E-state index is 12.0. The van der Waals surface area contributed by atoms with Crippen LogP contribution in [0.4, 0.5) is 0 Å². The van der Waals surface area contributed by atoms with Gasteiger partial charge in [0.2, 0.25) is 5.91 Å². The first-order valence-corrected chi connectivity index (χ1v) is 7.05. The molecule has 1 amide bonds. The molecule has 2 N–H and O–H groups in total. The number of aryl methyl sites for hydroxylation is 1. The molecule has 22 heavy (non-hydrogen) atoms. The highest BCUT2D eigenvalue weighted by molar-refractivity contribution is 5.81. The molecule has 0 radical (unpaired) electrons. The Labute approximate surface area is 127 Å². The molecule has 6 heteroatoms. The summed E-state index contributed by atoms with van der Waals surface area (Å²) in [6, 6.07) is 11.2. The first kappa shape index (κ1) is 14.3. The predicted octanol–water partition coefficient (Wildman–Crippen LogP) is 1.79. The minimum absolute atomic E-state index is 0.102. The lowest BCUT2D eigenvalue weighted by Crippen LogP contribution is -2.31. The zero-order valence-corrected chi connectivity index (χ0v) is 12.2. The van der Waals surface area contributed by atoms with Gasteiger partial charge >= 0.3 is 0 Å². The fourth-order valence-corrected chi connectivity index (χ4v) is 2.29. The second-order valence-corrected chi connectivity index (χ2v) is 5.13. The van der Waals surface area contributed by atoms with Crippen LogP contribution in [0.1, 0.15) is 17.6 Å². The lowest BCUT2D eigenvalue weighted by molar-refractivity contribution is -0.122. The van der Waals surface area contributed by atoms with Gasteiger partial charge in [-0.25, -0.2) is 0 Å². The highest BCUT2D eigenvalue weighted by atomic mass is 16.4. The van der Waals surface area contributed by atoms with E-state index in [-0.39, 0.29) is 19.0 Å². The van der Waals surface area contributed by atoms with E-state index in [1.807, 2.05) is 24.3 Å². The number of aliphatic hydroxyl groups is 1. The zero-order chi connectivity index (χ0) is 15.5. The van der Waals surface area contributed by atoms with Crippen LogP contribution >= 0.6 is 0 Å². The van der Waals surface area contributed by atoms with Crippen molar-refractivity contribution in [3.05, 3.63) is 54.1 Å². The predicted molar refractivity (Wildman–Crippen MR) is 81.1 cm³/mol. The van der Waals surface area contributed by atoms with Crippen molar-refractivity contribution in [3.63, 3.8) is 0 Å².